The maximum atomic E-state index is 14.7. The van der Waals surface area contributed by atoms with Crippen molar-refractivity contribution in [3.8, 4) is 0 Å². The van der Waals surface area contributed by atoms with Gasteiger partial charge in [-0.3, -0.25) is 0 Å². The van der Waals surface area contributed by atoms with E-state index in [0.29, 0.717) is 10.8 Å². The van der Waals surface area contributed by atoms with E-state index in [-0.39, 0.29) is 18.7 Å². The Morgan fingerprint density at radius 2 is 1.17 bits per heavy atom. The van der Waals surface area contributed by atoms with Gasteiger partial charge in [-0.25, -0.2) is 0 Å². The van der Waals surface area contributed by atoms with Gasteiger partial charge >= 0.3 is 228 Å². The summed E-state index contributed by atoms with van der Waals surface area (Å²) in [5.74, 6) is 0.438. The zero-order valence-corrected chi connectivity index (χ0v) is 27.7. The molecule has 0 saturated carbocycles. The minimum absolute atomic E-state index is 0.0608. The summed E-state index contributed by atoms with van der Waals surface area (Å²) in [7, 11) is -4.07. The standard InChI is InChI=1S/C31H50IO3S/c1-13-30(9,10)32(31(11,12)14-2,26-18-16-15-17-19-26)35-36(33,34)29-27(23(5)6)20-25(22(3)4)21-28(29)24(7)8/h15-24H,13-14H2,1-12H3/q-1. The number of rotatable bonds is 11. The molecule has 2 rings (SSSR count). The van der Waals surface area contributed by atoms with Gasteiger partial charge in [0.15, 0.2) is 0 Å². The Morgan fingerprint density at radius 3 is 1.50 bits per heavy atom. The molecule has 36 heavy (non-hydrogen) atoms. The van der Waals surface area contributed by atoms with Crippen LogP contribution in [0.2, 0.25) is 0 Å². The van der Waals surface area contributed by atoms with Gasteiger partial charge in [0.05, 0.1) is 0 Å². The van der Waals surface area contributed by atoms with Crippen LogP contribution in [0.3, 0.4) is 0 Å². The summed E-state index contributed by atoms with van der Waals surface area (Å²) in [6.07, 6.45) is 1.69. The molecule has 206 valence electrons. The molecule has 0 aliphatic rings. The molecule has 0 aliphatic carbocycles. The van der Waals surface area contributed by atoms with Crippen LogP contribution in [0, 0.1) is 3.57 Å². The van der Waals surface area contributed by atoms with Crippen LogP contribution < -0.4 is 18.8 Å². The summed E-state index contributed by atoms with van der Waals surface area (Å²) in [4.78, 5) is 0.402. The number of halogens is 1. The van der Waals surface area contributed by atoms with E-state index in [9.17, 15) is 8.42 Å². The summed E-state index contributed by atoms with van der Waals surface area (Å²) >= 11 is -3.81. The van der Waals surface area contributed by atoms with Gasteiger partial charge in [0, 0.05) is 0 Å². The van der Waals surface area contributed by atoms with Gasteiger partial charge in [0.2, 0.25) is 0 Å². The first-order valence-corrected chi connectivity index (χ1v) is 19.0. The average Bonchev–Trinajstić information content (AvgIpc) is 2.81. The molecular formula is C31H50IO3S-. The molecule has 0 aliphatic heterocycles. The van der Waals surface area contributed by atoms with E-state index >= 15 is 0 Å². The molecule has 0 bridgehead atoms. The van der Waals surface area contributed by atoms with Gasteiger partial charge in [-0.15, -0.1) is 0 Å². The van der Waals surface area contributed by atoms with E-state index in [1.807, 2.05) is 18.2 Å². The van der Waals surface area contributed by atoms with Crippen LogP contribution in [0.25, 0.3) is 0 Å². The molecule has 3 nitrogen and oxygen atoms in total. The zero-order valence-electron chi connectivity index (χ0n) is 24.7. The third-order valence-corrected chi connectivity index (χ3v) is 24.3. The van der Waals surface area contributed by atoms with Crippen molar-refractivity contribution in [3.63, 3.8) is 0 Å². The van der Waals surface area contributed by atoms with Crippen LogP contribution >= 0.6 is 0 Å². The normalized spacial score (nSPS) is 14.2. The van der Waals surface area contributed by atoms with E-state index in [2.05, 4.69) is 107 Å². The predicted octanol–water partition coefficient (Wildman–Crippen LogP) is 6.08. The fraction of sp³-hybridized carbons (Fsp3) is 0.613. The number of hydrogen-bond acceptors (Lipinski definition) is 3. The molecule has 0 radical (unpaired) electrons. The van der Waals surface area contributed by atoms with Crippen molar-refractivity contribution in [1.82, 2.24) is 0 Å². The minimum atomic E-state index is -4.07. The Labute approximate surface area is 227 Å². The summed E-state index contributed by atoms with van der Waals surface area (Å²) < 4.78 is 36.9. The van der Waals surface area contributed by atoms with E-state index in [4.69, 9.17) is 2.51 Å². The zero-order chi connectivity index (χ0) is 27.7. The molecule has 0 saturated heterocycles. The number of benzene rings is 2. The van der Waals surface area contributed by atoms with Crippen molar-refractivity contribution in [1.29, 1.82) is 0 Å². The second-order valence-corrected chi connectivity index (χ2v) is 24.5. The molecule has 0 spiro atoms. The molecule has 0 fully saturated rings. The van der Waals surface area contributed by atoms with E-state index in [1.54, 1.807) is 0 Å². The van der Waals surface area contributed by atoms with Gasteiger partial charge in [-0.1, -0.05) is 0 Å². The van der Waals surface area contributed by atoms with Gasteiger partial charge in [0.25, 0.3) is 0 Å². The van der Waals surface area contributed by atoms with Gasteiger partial charge in [0.1, 0.15) is 0 Å². The third kappa shape index (κ3) is 5.73. The van der Waals surface area contributed by atoms with E-state index in [0.717, 1.165) is 27.5 Å². The van der Waals surface area contributed by atoms with Crippen molar-refractivity contribution in [3.05, 3.63) is 62.7 Å². The van der Waals surface area contributed by atoms with Crippen LogP contribution in [0.1, 0.15) is 130 Å². The van der Waals surface area contributed by atoms with Gasteiger partial charge < -0.3 is 0 Å². The third-order valence-electron chi connectivity index (χ3n) is 7.67. The van der Waals surface area contributed by atoms with E-state index in [1.165, 1.54) is 5.56 Å². The molecule has 0 atom stereocenters. The van der Waals surface area contributed by atoms with Crippen LogP contribution in [0.5, 0.6) is 0 Å². The number of alkyl halides is 2. The molecular weight excluding hydrogens is 579 g/mol. The molecule has 5 heteroatoms. The number of hydrogen-bond donors (Lipinski definition) is 0. The van der Waals surface area contributed by atoms with Crippen molar-refractivity contribution in [2.24, 2.45) is 0 Å². The summed E-state index contributed by atoms with van der Waals surface area (Å²) in [6.45, 7) is 25.9. The molecule has 0 unspecified atom stereocenters. The molecule has 0 aromatic heterocycles. The van der Waals surface area contributed by atoms with Gasteiger partial charge in [-0.2, -0.15) is 0 Å². The Bertz CT molecular complexity index is 1080. The van der Waals surface area contributed by atoms with Crippen molar-refractivity contribution < 1.29 is 29.8 Å². The fourth-order valence-corrected chi connectivity index (χ4v) is 23.8. The SMILES string of the molecule is CCC(C)(C)[I-](OS(=O)(=O)c1c(C(C)C)cc(C(C)C)cc1C(C)C)(c1ccccc1)C(C)(C)CC. The Kier molecular flexibility index (Phi) is 9.95. The molecule has 2 aromatic rings. The van der Waals surface area contributed by atoms with Crippen LogP contribution in [0.4, 0.5) is 0 Å². The second-order valence-electron chi connectivity index (χ2n) is 12.0. The molecule has 0 N–H and O–H groups in total. The predicted molar refractivity (Wildman–Crippen MR) is 151 cm³/mol. The van der Waals surface area contributed by atoms with Crippen molar-refractivity contribution in [2.45, 2.75) is 125 Å². The first-order valence-electron chi connectivity index (χ1n) is 13.4. The monoisotopic (exact) mass is 629 g/mol. The maximum absolute atomic E-state index is 14.7. The Balaban J connectivity index is 3.02. The topological polar surface area (TPSA) is 43.4 Å². The Hall–Kier alpha value is -0.920. The molecule has 0 heterocycles. The van der Waals surface area contributed by atoms with Crippen LogP contribution in [0.15, 0.2) is 47.4 Å². The van der Waals surface area contributed by atoms with Crippen molar-refractivity contribution in [2.75, 3.05) is 0 Å². The first kappa shape index (κ1) is 31.3. The average molecular weight is 630 g/mol. The van der Waals surface area contributed by atoms with Crippen LogP contribution in [-0.2, 0) is 12.6 Å². The quantitative estimate of drug-likeness (QED) is 0.224. The summed E-state index contributed by atoms with van der Waals surface area (Å²) in [6, 6.07) is 14.5. The second kappa shape index (κ2) is 11.4. The molecule has 2 aromatic carbocycles. The van der Waals surface area contributed by atoms with Crippen LogP contribution in [-0.4, -0.2) is 15.3 Å². The molecule has 0 amide bonds. The summed E-state index contributed by atoms with van der Waals surface area (Å²) in [5, 5.41) is 0. The van der Waals surface area contributed by atoms with Gasteiger partial charge in [-0.05, 0) is 0 Å². The van der Waals surface area contributed by atoms with E-state index < -0.39 is 29.0 Å². The summed E-state index contributed by atoms with van der Waals surface area (Å²) in [5.41, 5.74) is 2.92. The first-order chi connectivity index (χ1) is 16.5. The Morgan fingerprint density at radius 1 is 0.750 bits per heavy atom. The fourth-order valence-electron chi connectivity index (χ4n) is 4.79. The van der Waals surface area contributed by atoms with Crippen molar-refractivity contribution >= 4 is 10.1 Å².